The number of carbonyl (C=O) groups is 1. The average Bonchev–Trinajstić information content (AvgIpc) is 2.28. The molecule has 0 aromatic carbocycles. The summed E-state index contributed by atoms with van der Waals surface area (Å²) in [7, 11) is 0. The highest BCUT2D eigenvalue weighted by Crippen LogP contribution is 2.07. The van der Waals surface area contributed by atoms with Gasteiger partial charge in [-0.25, -0.2) is 0 Å². The SMILES string of the molecule is CCC(C)(CN)NC(=O)c1c[nH]c(C)cc1=O. The third-order valence-electron chi connectivity index (χ3n) is 2.95. The van der Waals surface area contributed by atoms with Gasteiger partial charge < -0.3 is 16.0 Å². The fourth-order valence-electron chi connectivity index (χ4n) is 1.38. The Bertz CT molecular complexity index is 461. The second kappa shape index (κ2) is 5.14. The monoisotopic (exact) mass is 237 g/mol. The van der Waals surface area contributed by atoms with Crippen molar-refractivity contribution in [3.63, 3.8) is 0 Å². The fraction of sp³-hybridized carbons (Fsp3) is 0.500. The van der Waals surface area contributed by atoms with Crippen LogP contribution in [-0.4, -0.2) is 23.0 Å². The van der Waals surface area contributed by atoms with Gasteiger partial charge in [0.15, 0.2) is 5.43 Å². The van der Waals surface area contributed by atoms with Gasteiger partial charge in [-0.15, -0.1) is 0 Å². The van der Waals surface area contributed by atoms with Gasteiger partial charge in [-0.1, -0.05) is 6.92 Å². The number of hydrogen-bond acceptors (Lipinski definition) is 3. The topological polar surface area (TPSA) is 88.0 Å². The van der Waals surface area contributed by atoms with Crippen LogP contribution >= 0.6 is 0 Å². The number of hydrogen-bond donors (Lipinski definition) is 3. The maximum absolute atomic E-state index is 11.9. The molecule has 0 aliphatic carbocycles. The summed E-state index contributed by atoms with van der Waals surface area (Å²) in [5.74, 6) is -0.388. The number of H-pyrrole nitrogens is 1. The standard InChI is InChI=1S/C12H19N3O2/c1-4-12(3,7-13)15-11(17)9-6-14-8(2)5-10(9)16/h5-6H,4,7,13H2,1-3H3,(H,14,16)(H,15,17). The lowest BCUT2D eigenvalue weighted by Crippen LogP contribution is -2.51. The summed E-state index contributed by atoms with van der Waals surface area (Å²) in [5, 5.41) is 2.79. The second-order valence-corrected chi connectivity index (χ2v) is 4.47. The van der Waals surface area contributed by atoms with Gasteiger partial charge in [0.05, 0.1) is 0 Å². The predicted molar refractivity (Wildman–Crippen MR) is 67.0 cm³/mol. The molecule has 17 heavy (non-hydrogen) atoms. The third kappa shape index (κ3) is 3.17. The van der Waals surface area contributed by atoms with E-state index in [1.807, 2.05) is 13.8 Å². The van der Waals surface area contributed by atoms with Crippen LogP contribution in [0.3, 0.4) is 0 Å². The zero-order chi connectivity index (χ0) is 13.1. The van der Waals surface area contributed by atoms with Gasteiger partial charge in [-0.05, 0) is 20.3 Å². The van der Waals surface area contributed by atoms with E-state index in [-0.39, 0.29) is 16.9 Å². The molecule has 1 atom stereocenters. The molecule has 0 bridgehead atoms. The zero-order valence-electron chi connectivity index (χ0n) is 10.5. The van der Waals surface area contributed by atoms with Gasteiger partial charge in [0, 0.05) is 30.0 Å². The van der Waals surface area contributed by atoms with Crippen molar-refractivity contribution in [1.82, 2.24) is 10.3 Å². The van der Waals surface area contributed by atoms with Gasteiger partial charge in [0.25, 0.3) is 5.91 Å². The van der Waals surface area contributed by atoms with Gasteiger partial charge in [0.1, 0.15) is 5.56 Å². The van der Waals surface area contributed by atoms with Crippen molar-refractivity contribution in [2.24, 2.45) is 5.73 Å². The lowest BCUT2D eigenvalue weighted by Gasteiger charge is -2.27. The zero-order valence-corrected chi connectivity index (χ0v) is 10.5. The van der Waals surface area contributed by atoms with Crippen molar-refractivity contribution < 1.29 is 4.79 Å². The predicted octanol–water partition coefficient (Wildman–Crippen LogP) is 0.541. The van der Waals surface area contributed by atoms with Gasteiger partial charge in [0.2, 0.25) is 0 Å². The first-order chi connectivity index (χ1) is 7.91. The van der Waals surface area contributed by atoms with E-state index in [2.05, 4.69) is 10.3 Å². The number of rotatable bonds is 4. The maximum Gasteiger partial charge on any atom is 0.257 e. The van der Waals surface area contributed by atoms with Crippen LogP contribution in [0, 0.1) is 6.92 Å². The third-order valence-corrected chi connectivity index (χ3v) is 2.95. The number of pyridine rings is 1. The second-order valence-electron chi connectivity index (χ2n) is 4.47. The fourth-order valence-corrected chi connectivity index (χ4v) is 1.38. The summed E-state index contributed by atoms with van der Waals surface area (Å²) < 4.78 is 0. The minimum atomic E-state index is -0.478. The van der Waals surface area contributed by atoms with Crippen LogP contribution in [0.1, 0.15) is 36.3 Å². The summed E-state index contributed by atoms with van der Waals surface area (Å²) in [4.78, 5) is 26.4. The maximum atomic E-state index is 11.9. The Morgan fingerprint density at radius 2 is 2.24 bits per heavy atom. The van der Waals surface area contributed by atoms with Crippen molar-refractivity contribution in [2.75, 3.05) is 6.54 Å². The molecule has 5 heteroatoms. The number of nitrogens with two attached hydrogens (primary N) is 1. The van der Waals surface area contributed by atoms with Crippen LogP contribution in [0.4, 0.5) is 0 Å². The molecule has 1 aromatic rings. The Balaban J connectivity index is 2.94. The molecule has 0 spiro atoms. The molecular weight excluding hydrogens is 218 g/mol. The number of amides is 1. The summed E-state index contributed by atoms with van der Waals surface area (Å²) in [6.45, 7) is 5.89. The van der Waals surface area contributed by atoms with Crippen LogP contribution in [0.2, 0.25) is 0 Å². The van der Waals surface area contributed by atoms with Crippen molar-refractivity contribution >= 4 is 5.91 Å². The molecule has 1 unspecified atom stereocenters. The minimum absolute atomic E-state index is 0.115. The quantitative estimate of drug-likeness (QED) is 0.714. The minimum Gasteiger partial charge on any atom is -0.364 e. The van der Waals surface area contributed by atoms with Crippen LogP contribution in [0.5, 0.6) is 0 Å². The summed E-state index contributed by atoms with van der Waals surface area (Å²) in [6.07, 6.45) is 2.14. The molecule has 0 saturated carbocycles. The summed E-state index contributed by atoms with van der Waals surface area (Å²) in [6, 6.07) is 1.40. The number of aromatic nitrogens is 1. The van der Waals surface area contributed by atoms with Crippen LogP contribution in [0.25, 0.3) is 0 Å². The Kier molecular flexibility index (Phi) is 4.07. The molecule has 0 fully saturated rings. The Hall–Kier alpha value is -1.62. The summed E-state index contributed by atoms with van der Waals surface area (Å²) >= 11 is 0. The van der Waals surface area contributed by atoms with E-state index in [9.17, 15) is 9.59 Å². The Morgan fingerprint density at radius 1 is 1.59 bits per heavy atom. The molecule has 0 aliphatic rings. The molecule has 0 aliphatic heterocycles. The molecule has 0 radical (unpaired) electrons. The van der Waals surface area contributed by atoms with E-state index in [0.29, 0.717) is 13.0 Å². The van der Waals surface area contributed by atoms with Gasteiger partial charge in [-0.2, -0.15) is 0 Å². The molecular formula is C12H19N3O2. The smallest absolute Gasteiger partial charge is 0.257 e. The van der Waals surface area contributed by atoms with Gasteiger partial charge in [-0.3, -0.25) is 9.59 Å². The molecule has 4 N–H and O–H groups in total. The van der Waals surface area contributed by atoms with Crippen LogP contribution in [-0.2, 0) is 0 Å². The van der Waals surface area contributed by atoms with Crippen molar-refractivity contribution in [3.8, 4) is 0 Å². The molecule has 1 heterocycles. The summed E-state index contributed by atoms with van der Waals surface area (Å²) in [5.41, 5.74) is 5.68. The molecule has 5 nitrogen and oxygen atoms in total. The van der Waals surface area contributed by atoms with Crippen molar-refractivity contribution in [3.05, 3.63) is 33.7 Å². The number of carbonyl (C=O) groups excluding carboxylic acids is 1. The highest BCUT2D eigenvalue weighted by molar-refractivity contribution is 5.94. The van der Waals surface area contributed by atoms with E-state index in [4.69, 9.17) is 5.73 Å². The first-order valence-corrected chi connectivity index (χ1v) is 5.64. The van der Waals surface area contributed by atoms with Crippen molar-refractivity contribution in [2.45, 2.75) is 32.7 Å². The first kappa shape index (κ1) is 13.4. The molecule has 94 valence electrons. The largest absolute Gasteiger partial charge is 0.364 e. The van der Waals surface area contributed by atoms with E-state index >= 15 is 0 Å². The van der Waals surface area contributed by atoms with E-state index < -0.39 is 5.54 Å². The van der Waals surface area contributed by atoms with Gasteiger partial charge >= 0.3 is 0 Å². The Labute approximate surface area is 100 Å². The molecule has 1 aromatic heterocycles. The highest BCUT2D eigenvalue weighted by Gasteiger charge is 2.24. The van der Waals surface area contributed by atoms with Crippen molar-refractivity contribution in [1.29, 1.82) is 0 Å². The van der Waals surface area contributed by atoms with E-state index in [0.717, 1.165) is 5.69 Å². The highest BCUT2D eigenvalue weighted by atomic mass is 16.2. The Morgan fingerprint density at radius 3 is 2.71 bits per heavy atom. The lowest BCUT2D eigenvalue weighted by molar-refractivity contribution is 0.0905. The normalized spacial score (nSPS) is 14.1. The number of aromatic amines is 1. The average molecular weight is 237 g/mol. The van der Waals surface area contributed by atoms with Crippen LogP contribution < -0.4 is 16.5 Å². The van der Waals surface area contributed by atoms with Crippen LogP contribution in [0.15, 0.2) is 17.1 Å². The molecule has 0 saturated heterocycles. The number of aryl methyl sites for hydroxylation is 1. The van der Waals surface area contributed by atoms with E-state index in [1.165, 1.54) is 12.3 Å². The first-order valence-electron chi connectivity index (χ1n) is 5.64. The van der Waals surface area contributed by atoms with E-state index in [1.54, 1.807) is 6.92 Å². The number of nitrogens with one attached hydrogen (secondary N) is 2. The lowest BCUT2D eigenvalue weighted by atomic mass is 9.98. The molecule has 1 rings (SSSR count). The molecule has 1 amide bonds.